The van der Waals surface area contributed by atoms with E-state index in [0.717, 1.165) is 10.2 Å². The summed E-state index contributed by atoms with van der Waals surface area (Å²) >= 11 is 0. The van der Waals surface area contributed by atoms with Crippen LogP contribution in [0.15, 0.2) is 71.5 Å². The van der Waals surface area contributed by atoms with Crippen molar-refractivity contribution in [3.05, 3.63) is 82.6 Å². The molecule has 9 heteroatoms. The summed E-state index contributed by atoms with van der Waals surface area (Å²) in [6, 6.07) is 18.4. The van der Waals surface area contributed by atoms with E-state index in [9.17, 15) is 19.2 Å². The summed E-state index contributed by atoms with van der Waals surface area (Å²) in [5, 5.41) is 9.33. The Morgan fingerprint density at radius 1 is 0.968 bits per heavy atom. The molecule has 0 bridgehead atoms. The molecule has 9 nitrogen and oxygen atoms in total. The fourth-order valence-corrected chi connectivity index (χ4v) is 2.69. The van der Waals surface area contributed by atoms with Crippen molar-refractivity contribution in [3.8, 4) is 11.3 Å². The lowest BCUT2D eigenvalue weighted by Crippen LogP contribution is -2.30. The monoisotopic (exact) mass is 420 g/mol. The SMILES string of the molecule is COC(=O)CNC(=O)c1ccc(NC(=O)Cn2nc(-c3ccccc3)ccc2=O)cc1. The molecule has 3 aromatic rings. The van der Waals surface area contributed by atoms with Gasteiger partial charge in [-0.3, -0.25) is 19.2 Å². The number of ether oxygens (including phenoxy) is 1. The summed E-state index contributed by atoms with van der Waals surface area (Å²) in [4.78, 5) is 47.5. The first-order valence-corrected chi connectivity index (χ1v) is 9.35. The molecule has 0 aliphatic carbocycles. The van der Waals surface area contributed by atoms with E-state index in [2.05, 4.69) is 20.5 Å². The number of carbonyl (C=O) groups excluding carboxylic acids is 3. The molecule has 0 aliphatic heterocycles. The number of benzene rings is 2. The third-order valence-corrected chi connectivity index (χ3v) is 4.28. The normalized spacial score (nSPS) is 10.2. The fourth-order valence-electron chi connectivity index (χ4n) is 2.69. The highest BCUT2D eigenvalue weighted by Crippen LogP contribution is 2.14. The highest BCUT2D eigenvalue weighted by molar-refractivity contribution is 5.97. The Morgan fingerprint density at radius 3 is 2.35 bits per heavy atom. The number of aromatic nitrogens is 2. The summed E-state index contributed by atoms with van der Waals surface area (Å²) < 4.78 is 5.55. The zero-order valence-electron chi connectivity index (χ0n) is 16.7. The maximum atomic E-state index is 12.4. The molecule has 158 valence electrons. The van der Waals surface area contributed by atoms with Gasteiger partial charge in [0, 0.05) is 22.9 Å². The molecule has 1 heterocycles. The van der Waals surface area contributed by atoms with E-state index in [-0.39, 0.29) is 13.1 Å². The Morgan fingerprint density at radius 2 is 1.68 bits per heavy atom. The van der Waals surface area contributed by atoms with Crippen molar-refractivity contribution < 1.29 is 19.1 Å². The topological polar surface area (TPSA) is 119 Å². The van der Waals surface area contributed by atoms with Crippen molar-refractivity contribution in [1.82, 2.24) is 15.1 Å². The minimum atomic E-state index is -0.558. The third-order valence-electron chi connectivity index (χ3n) is 4.28. The van der Waals surface area contributed by atoms with E-state index in [0.29, 0.717) is 16.9 Å². The van der Waals surface area contributed by atoms with Crippen LogP contribution < -0.4 is 16.2 Å². The first-order chi connectivity index (χ1) is 15.0. The molecular formula is C22H20N4O5. The number of rotatable bonds is 7. The van der Waals surface area contributed by atoms with Gasteiger partial charge < -0.3 is 15.4 Å². The zero-order chi connectivity index (χ0) is 22.2. The molecule has 0 atom stereocenters. The van der Waals surface area contributed by atoms with Crippen LogP contribution in [-0.4, -0.2) is 41.2 Å². The predicted molar refractivity (Wildman–Crippen MR) is 113 cm³/mol. The molecule has 3 rings (SSSR count). The first-order valence-electron chi connectivity index (χ1n) is 9.35. The number of amides is 2. The molecule has 2 amide bonds. The average Bonchev–Trinajstić information content (AvgIpc) is 2.79. The Bertz CT molecular complexity index is 1140. The van der Waals surface area contributed by atoms with Gasteiger partial charge >= 0.3 is 5.97 Å². The van der Waals surface area contributed by atoms with E-state index in [4.69, 9.17) is 0 Å². The molecule has 31 heavy (non-hydrogen) atoms. The van der Waals surface area contributed by atoms with Crippen molar-refractivity contribution in [3.63, 3.8) is 0 Å². The van der Waals surface area contributed by atoms with Gasteiger partial charge in [-0.1, -0.05) is 30.3 Å². The van der Waals surface area contributed by atoms with Crippen LogP contribution in [0.1, 0.15) is 10.4 Å². The number of hydrogen-bond donors (Lipinski definition) is 2. The molecule has 0 fully saturated rings. The van der Waals surface area contributed by atoms with Crippen molar-refractivity contribution in [1.29, 1.82) is 0 Å². The van der Waals surface area contributed by atoms with Gasteiger partial charge in [-0.2, -0.15) is 5.10 Å². The largest absolute Gasteiger partial charge is 0.468 e. The summed E-state index contributed by atoms with van der Waals surface area (Å²) in [5.41, 5.74) is 1.78. The second-order valence-corrected chi connectivity index (χ2v) is 6.46. The predicted octanol–water partition coefficient (Wildman–Crippen LogP) is 1.45. The standard InChI is InChI=1S/C22H20N4O5/c1-31-21(29)13-23-22(30)16-7-9-17(10-8-16)24-19(27)14-26-20(28)12-11-18(25-26)15-5-3-2-4-6-15/h2-12H,13-14H2,1H3,(H,23,30)(H,24,27). The number of methoxy groups -OCH3 is 1. The van der Waals surface area contributed by atoms with E-state index in [1.807, 2.05) is 30.3 Å². The smallest absolute Gasteiger partial charge is 0.325 e. The molecule has 2 N–H and O–H groups in total. The number of anilines is 1. The summed E-state index contributed by atoms with van der Waals surface area (Å²) in [5.74, 6) is -1.45. The van der Waals surface area contributed by atoms with Gasteiger partial charge in [0.25, 0.3) is 11.5 Å². The van der Waals surface area contributed by atoms with Crippen LogP contribution in [-0.2, 0) is 20.9 Å². The van der Waals surface area contributed by atoms with Gasteiger partial charge in [-0.15, -0.1) is 0 Å². The Kier molecular flexibility index (Phi) is 6.89. The van der Waals surface area contributed by atoms with Crippen molar-refractivity contribution in [2.45, 2.75) is 6.54 Å². The molecular weight excluding hydrogens is 400 g/mol. The van der Waals surface area contributed by atoms with E-state index >= 15 is 0 Å². The molecule has 0 radical (unpaired) electrons. The highest BCUT2D eigenvalue weighted by Gasteiger charge is 2.11. The van der Waals surface area contributed by atoms with Crippen LogP contribution in [0.25, 0.3) is 11.3 Å². The van der Waals surface area contributed by atoms with Crippen LogP contribution in [0.3, 0.4) is 0 Å². The van der Waals surface area contributed by atoms with Crippen molar-refractivity contribution >= 4 is 23.5 Å². The van der Waals surface area contributed by atoms with Crippen molar-refractivity contribution in [2.24, 2.45) is 0 Å². The maximum Gasteiger partial charge on any atom is 0.325 e. The molecule has 0 saturated heterocycles. The number of carbonyl (C=O) groups is 3. The third kappa shape index (κ3) is 5.86. The Labute approximate surface area is 177 Å². The average molecular weight is 420 g/mol. The Balaban J connectivity index is 1.63. The molecule has 0 spiro atoms. The second kappa shape index (κ2) is 9.97. The lowest BCUT2D eigenvalue weighted by atomic mass is 10.1. The molecule has 0 saturated carbocycles. The van der Waals surface area contributed by atoms with Gasteiger partial charge in [0.1, 0.15) is 13.1 Å². The highest BCUT2D eigenvalue weighted by atomic mass is 16.5. The number of hydrogen-bond acceptors (Lipinski definition) is 6. The zero-order valence-corrected chi connectivity index (χ0v) is 16.7. The maximum absolute atomic E-state index is 12.4. The fraction of sp³-hybridized carbons (Fsp3) is 0.136. The number of nitrogens with one attached hydrogen (secondary N) is 2. The van der Waals surface area contributed by atoms with Gasteiger partial charge in [-0.05, 0) is 30.3 Å². The quantitative estimate of drug-likeness (QED) is 0.559. The van der Waals surface area contributed by atoms with Gasteiger partial charge in [0.05, 0.1) is 12.8 Å². The minimum absolute atomic E-state index is 0.238. The van der Waals surface area contributed by atoms with Crippen LogP contribution in [0.2, 0.25) is 0 Å². The molecule has 1 aromatic heterocycles. The van der Waals surface area contributed by atoms with Crippen LogP contribution in [0, 0.1) is 0 Å². The lowest BCUT2D eigenvalue weighted by molar-refractivity contribution is -0.139. The van der Waals surface area contributed by atoms with Gasteiger partial charge in [0.15, 0.2) is 0 Å². The first kappa shape index (κ1) is 21.4. The summed E-state index contributed by atoms with van der Waals surface area (Å²) in [6.45, 7) is -0.501. The number of esters is 1. The molecule has 2 aromatic carbocycles. The van der Waals surface area contributed by atoms with Crippen LogP contribution >= 0.6 is 0 Å². The van der Waals surface area contributed by atoms with E-state index < -0.39 is 23.3 Å². The van der Waals surface area contributed by atoms with E-state index in [1.165, 1.54) is 25.3 Å². The summed E-state index contributed by atoms with van der Waals surface area (Å²) in [7, 11) is 1.23. The van der Waals surface area contributed by atoms with Gasteiger partial charge in [0.2, 0.25) is 5.91 Å². The second-order valence-electron chi connectivity index (χ2n) is 6.46. The number of nitrogens with zero attached hydrogens (tertiary/aromatic N) is 2. The Hall–Kier alpha value is -4.27. The van der Waals surface area contributed by atoms with Gasteiger partial charge in [-0.25, -0.2) is 4.68 Å². The minimum Gasteiger partial charge on any atom is -0.468 e. The van der Waals surface area contributed by atoms with E-state index in [1.54, 1.807) is 18.2 Å². The van der Waals surface area contributed by atoms with Crippen LogP contribution in [0.4, 0.5) is 5.69 Å². The van der Waals surface area contributed by atoms with Crippen LogP contribution in [0.5, 0.6) is 0 Å². The summed E-state index contributed by atoms with van der Waals surface area (Å²) in [6.07, 6.45) is 0. The van der Waals surface area contributed by atoms with Crippen molar-refractivity contribution in [2.75, 3.05) is 19.0 Å². The lowest BCUT2D eigenvalue weighted by Gasteiger charge is -2.09. The molecule has 0 unspecified atom stereocenters. The molecule has 0 aliphatic rings.